The highest BCUT2D eigenvalue weighted by Crippen LogP contribution is 2.28. The third kappa shape index (κ3) is 3.91. The van der Waals surface area contributed by atoms with Crippen molar-refractivity contribution in [2.75, 3.05) is 18.4 Å². The van der Waals surface area contributed by atoms with Crippen LogP contribution in [-0.4, -0.2) is 26.5 Å². The summed E-state index contributed by atoms with van der Waals surface area (Å²) < 4.78 is 26.9. The van der Waals surface area contributed by atoms with Gasteiger partial charge in [0.15, 0.2) is 0 Å². The van der Waals surface area contributed by atoms with Crippen LogP contribution >= 0.6 is 0 Å². The van der Waals surface area contributed by atoms with Crippen LogP contribution in [0.5, 0.6) is 0 Å². The zero-order valence-electron chi connectivity index (χ0n) is 11.2. The third-order valence-electron chi connectivity index (χ3n) is 3.47. The van der Waals surface area contributed by atoms with E-state index in [1.165, 1.54) is 31.5 Å². The lowest BCUT2D eigenvalue weighted by Gasteiger charge is -2.25. The van der Waals surface area contributed by atoms with Gasteiger partial charge in [-0.1, -0.05) is 19.3 Å². The normalized spacial score (nSPS) is 16.1. The minimum absolute atomic E-state index is 0.270. The van der Waals surface area contributed by atoms with Crippen LogP contribution in [0.3, 0.4) is 0 Å². The summed E-state index contributed by atoms with van der Waals surface area (Å²) in [6, 6.07) is 3.09. The van der Waals surface area contributed by atoms with Crippen LogP contribution < -0.4 is 10.0 Å². The maximum absolute atomic E-state index is 12.1. The van der Waals surface area contributed by atoms with Crippen LogP contribution in [0.1, 0.15) is 32.6 Å². The van der Waals surface area contributed by atoms with Crippen molar-refractivity contribution in [1.82, 2.24) is 9.71 Å². The average Bonchev–Trinajstić information content (AvgIpc) is 2.33. The van der Waals surface area contributed by atoms with E-state index >= 15 is 0 Å². The third-order valence-corrected chi connectivity index (χ3v) is 4.93. The summed E-state index contributed by atoms with van der Waals surface area (Å²) in [7, 11) is -3.41. The molecule has 2 N–H and O–H groups in total. The molecule has 0 unspecified atom stereocenters. The molecule has 6 heteroatoms. The van der Waals surface area contributed by atoms with Crippen molar-refractivity contribution >= 4 is 15.8 Å². The van der Waals surface area contributed by atoms with Gasteiger partial charge in [0.2, 0.25) is 10.0 Å². The second kappa shape index (κ2) is 6.34. The van der Waals surface area contributed by atoms with Gasteiger partial charge in [-0.3, -0.25) is 0 Å². The number of hydrogen-bond acceptors (Lipinski definition) is 4. The molecule has 0 saturated heterocycles. The lowest BCUT2D eigenvalue weighted by Crippen LogP contribution is -2.27. The molecule has 1 saturated carbocycles. The second-order valence-electron chi connectivity index (χ2n) is 4.89. The summed E-state index contributed by atoms with van der Waals surface area (Å²) in [6.07, 6.45) is 6.21. The Morgan fingerprint density at radius 3 is 2.84 bits per heavy atom. The van der Waals surface area contributed by atoms with Gasteiger partial charge in [-0.15, -0.1) is 0 Å². The van der Waals surface area contributed by atoms with Gasteiger partial charge in [-0.25, -0.2) is 18.1 Å². The number of hydrogen-bond donors (Lipinski definition) is 2. The predicted octanol–water partition coefficient (Wildman–Crippen LogP) is 1.98. The summed E-state index contributed by atoms with van der Waals surface area (Å²) in [5.41, 5.74) is 0. The number of nitrogens with one attached hydrogen (secondary N) is 2. The molecule has 1 aromatic rings. The van der Waals surface area contributed by atoms with Gasteiger partial charge in [0.1, 0.15) is 5.82 Å². The number of pyridine rings is 1. The number of anilines is 1. The highest BCUT2D eigenvalue weighted by molar-refractivity contribution is 7.89. The largest absolute Gasteiger partial charge is 0.370 e. The molecule has 0 amide bonds. The second-order valence-corrected chi connectivity index (χ2v) is 6.66. The van der Waals surface area contributed by atoms with Gasteiger partial charge in [0, 0.05) is 25.4 Å². The zero-order chi connectivity index (χ0) is 13.7. The van der Waals surface area contributed by atoms with Crippen molar-refractivity contribution in [2.24, 2.45) is 5.92 Å². The van der Waals surface area contributed by atoms with Gasteiger partial charge in [-0.2, -0.15) is 0 Å². The monoisotopic (exact) mass is 283 g/mol. The first-order chi connectivity index (χ1) is 9.12. The molecule has 1 aliphatic carbocycles. The maximum atomic E-state index is 12.1. The van der Waals surface area contributed by atoms with Gasteiger partial charge in [0.25, 0.3) is 0 Å². The number of aromatic nitrogens is 1. The van der Waals surface area contributed by atoms with Crippen LogP contribution in [0.4, 0.5) is 5.82 Å². The Balaban J connectivity index is 1.95. The molecule has 5 nitrogen and oxygen atoms in total. The van der Waals surface area contributed by atoms with Crippen LogP contribution in [0.2, 0.25) is 0 Å². The molecule has 1 fully saturated rings. The van der Waals surface area contributed by atoms with Crippen LogP contribution in [0.15, 0.2) is 23.2 Å². The molecule has 0 aliphatic heterocycles. The van der Waals surface area contributed by atoms with Crippen LogP contribution in [0.25, 0.3) is 0 Å². The predicted molar refractivity (Wildman–Crippen MR) is 75.5 cm³/mol. The highest BCUT2D eigenvalue weighted by Gasteiger charge is 2.19. The topological polar surface area (TPSA) is 71.1 Å². The first kappa shape index (κ1) is 14.3. The minimum Gasteiger partial charge on any atom is -0.370 e. The minimum atomic E-state index is -3.41. The van der Waals surface area contributed by atoms with E-state index in [9.17, 15) is 8.42 Å². The van der Waals surface area contributed by atoms with Crippen molar-refractivity contribution in [2.45, 2.75) is 37.5 Å². The van der Waals surface area contributed by atoms with Crippen molar-refractivity contribution in [3.63, 3.8) is 0 Å². The Morgan fingerprint density at radius 1 is 1.42 bits per heavy atom. The lowest BCUT2D eigenvalue weighted by atomic mass is 9.83. The fraction of sp³-hybridized carbons (Fsp3) is 0.615. The van der Waals surface area contributed by atoms with Gasteiger partial charge < -0.3 is 5.32 Å². The van der Waals surface area contributed by atoms with Gasteiger partial charge in [0.05, 0.1) is 4.90 Å². The molecule has 0 bridgehead atoms. The van der Waals surface area contributed by atoms with E-state index < -0.39 is 10.0 Å². The average molecular weight is 283 g/mol. The molecule has 1 aromatic heterocycles. The van der Waals surface area contributed by atoms with E-state index in [0.717, 1.165) is 6.42 Å². The molecule has 2 rings (SSSR count). The molecule has 0 spiro atoms. The molecule has 1 aliphatic rings. The Labute approximate surface area is 114 Å². The molecule has 0 atom stereocenters. The standard InChI is InChI=1S/C13H21N3O2S/c1-2-14-13-10-12(7-8-15-13)19(17,18)16-9-6-11-4-3-5-11/h7-8,10-11,16H,2-6,9H2,1H3,(H,14,15). The van der Waals surface area contributed by atoms with E-state index in [1.807, 2.05) is 6.92 Å². The highest BCUT2D eigenvalue weighted by atomic mass is 32.2. The van der Waals surface area contributed by atoms with E-state index in [1.54, 1.807) is 6.07 Å². The summed E-state index contributed by atoms with van der Waals surface area (Å²) >= 11 is 0. The van der Waals surface area contributed by atoms with Crippen molar-refractivity contribution < 1.29 is 8.42 Å². The van der Waals surface area contributed by atoms with Crippen LogP contribution in [0, 0.1) is 5.92 Å². The Hall–Kier alpha value is -1.14. The van der Waals surface area contributed by atoms with Crippen molar-refractivity contribution in [3.05, 3.63) is 18.3 Å². The number of sulfonamides is 1. The molecule has 106 valence electrons. The van der Waals surface area contributed by atoms with E-state index in [4.69, 9.17) is 0 Å². The fourth-order valence-electron chi connectivity index (χ4n) is 2.12. The summed E-state index contributed by atoms with van der Waals surface area (Å²) in [4.78, 5) is 4.34. The molecule has 0 radical (unpaired) electrons. The Morgan fingerprint density at radius 2 is 2.21 bits per heavy atom. The first-order valence-corrected chi connectivity index (χ1v) is 8.29. The molecular weight excluding hydrogens is 262 g/mol. The lowest BCUT2D eigenvalue weighted by molar-refractivity contribution is 0.297. The van der Waals surface area contributed by atoms with E-state index in [-0.39, 0.29) is 4.90 Å². The molecule has 0 aromatic carbocycles. The van der Waals surface area contributed by atoms with Gasteiger partial charge >= 0.3 is 0 Å². The number of nitrogens with zero attached hydrogens (tertiary/aromatic N) is 1. The fourth-order valence-corrected chi connectivity index (χ4v) is 3.18. The van der Waals surface area contributed by atoms with Crippen LogP contribution in [-0.2, 0) is 10.0 Å². The molecular formula is C13H21N3O2S. The first-order valence-electron chi connectivity index (χ1n) is 6.81. The van der Waals surface area contributed by atoms with E-state index in [2.05, 4.69) is 15.0 Å². The Kier molecular flexibility index (Phi) is 4.76. The summed E-state index contributed by atoms with van der Waals surface area (Å²) in [5.74, 6) is 1.29. The summed E-state index contributed by atoms with van der Waals surface area (Å²) in [5, 5.41) is 3.01. The van der Waals surface area contributed by atoms with Crippen molar-refractivity contribution in [1.29, 1.82) is 0 Å². The Bertz CT molecular complexity index is 512. The smallest absolute Gasteiger partial charge is 0.240 e. The molecule has 1 heterocycles. The van der Waals surface area contributed by atoms with Crippen molar-refractivity contribution in [3.8, 4) is 0 Å². The molecule has 19 heavy (non-hydrogen) atoms. The maximum Gasteiger partial charge on any atom is 0.240 e. The quantitative estimate of drug-likeness (QED) is 0.802. The van der Waals surface area contributed by atoms with Gasteiger partial charge in [-0.05, 0) is 25.3 Å². The SMILES string of the molecule is CCNc1cc(S(=O)(=O)NCCC2CCC2)ccn1. The number of rotatable bonds is 7. The zero-order valence-corrected chi connectivity index (χ0v) is 12.0. The summed E-state index contributed by atoms with van der Waals surface area (Å²) in [6.45, 7) is 3.18. The van der Waals surface area contributed by atoms with E-state index in [0.29, 0.717) is 24.8 Å².